The Labute approximate surface area is 119 Å². The molecule has 0 aromatic carbocycles. The summed E-state index contributed by atoms with van der Waals surface area (Å²) in [5.74, 6) is 5.93. The fourth-order valence-electron chi connectivity index (χ4n) is 1.73. The van der Waals surface area contributed by atoms with Crippen molar-refractivity contribution in [3.05, 3.63) is 21.4 Å². The Kier molecular flexibility index (Phi) is 6.61. The third-order valence-corrected chi connectivity index (χ3v) is 4.02. The highest BCUT2D eigenvalue weighted by atomic mass is 32.1. The zero-order chi connectivity index (χ0) is 14.3. The minimum Gasteiger partial charge on any atom is -0.341 e. The maximum absolute atomic E-state index is 12.2. The van der Waals surface area contributed by atoms with Crippen LogP contribution in [0.25, 0.3) is 0 Å². The van der Waals surface area contributed by atoms with Crippen LogP contribution in [0.5, 0.6) is 0 Å². The van der Waals surface area contributed by atoms with E-state index in [2.05, 4.69) is 18.8 Å². The van der Waals surface area contributed by atoms with Gasteiger partial charge in [0.1, 0.15) is 0 Å². The van der Waals surface area contributed by atoms with E-state index < -0.39 is 0 Å². The molecule has 0 fully saturated rings. The minimum absolute atomic E-state index is 0.0880. The fraction of sp³-hybridized carbons (Fsp3) is 0.533. The van der Waals surface area contributed by atoms with Gasteiger partial charge in [-0.25, -0.2) is 0 Å². The van der Waals surface area contributed by atoms with Crippen LogP contribution in [0, 0.1) is 18.8 Å². The van der Waals surface area contributed by atoms with Crippen LogP contribution in [0.15, 0.2) is 6.07 Å². The molecule has 0 spiro atoms. The number of nitrogens with two attached hydrogens (primary N) is 1. The number of nitrogens with zero attached hydrogens (tertiary/aromatic N) is 1. The molecule has 1 rings (SSSR count). The second-order valence-electron chi connectivity index (χ2n) is 4.56. The molecular formula is C15H22N2OS. The molecule has 0 bridgehead atoms. The number of amides is 1. The van der Waals surface area contributed by atoms with Crippen molar-refractivity contribution in [3.63, 3.8) is 0 Å². The molecule has 0 aliphatic carbocycles. The summed E-state index contributed by atoms with van der Waals surface area (Å²) in [7, 11) is 1.86. The van der Waals surface area contributed by atoms with Crippen molar-refractivity contribution in [1.82, 2.24) is 4.90 Å². The first-order valence-corrected chi connectivity index (χ1v) is 7.46. The van der Waals surface area contributed by atoms with Crippen molar-refractivity contribution in [2.45, 2.75) is 33.1 Å². The SMILES string of the molecule is CCCCCN(C)C(=O)c1cc(C)c(C#CCN)s1. The van der Waals surface area contributed by atoms with Crippen LogP contribution in [0.4, 0.5) is 0 Å². The van der Waals surface area contributed by atoms with Crippen LogP contribution < -0.4 is 5.73 Å². The number of aryl methyl sites for hydroxylation is 1. The van der Waals surface area contributed by atoms with E-state index in [1.807, 2.05) is 20.0 Å². The van der Waals surface area contributed by atoms with Crippen molar-refractivity contribution in [3.8, 4) is 11.8 Å². The van der Waals surface area contributed by atoms with Gasteiger partial charge in [0.25, 0.3) is 5.91 Å². The zero-order valence-electron chi connectivity index (χ0n) is 12.0. The van der Waals surface area contributed by atoms with Crippen molar-refractivity contribution >= 4 is 17.2 Å². The van der Waals surface area contributed by atoms with Crippen molar-refractivity contribution < 1.29 is 4.79 Å². The number of carbonyl (C=O) groups excluding carboxylic acids is 1. The zero-order valence-corrected chi connectivity index (χ0v) is 12.8. The van der Waals surface area contributed by atoms with E-state index in [4.69, 9.17) is 5.73 Å². The van der Waals surface area contributed by atoms with Crippen molar-refractivity contribution in [2.75, 3.05) is 20.1 Å². The monoisotopic (exact) mass is 278 g/mol. The van der Waals surface area contributed by atoms with E-state index in [1.165, 1.54) is 17.8 Å². The van der Waals surface area contributed by atoms with E-state index in [0.29, 0.717) is 6.54 Å². The summed E-state index contributed by atoms with van der Waals surface area (Å²) < 4.78 is 0. The summed E-state index contributed by atoms with van der Waals surface area (Å²) in [5.41, 5.74) is 6.42. The first-order chi connectivity index (χ1) is 9.10. The van der Waals surface area contributed by atoms with Gasteiger partial charge in [-0.3, -0.25) is 4.79 Å². The minimum atomic E-state index is 0.0880. The Hall–Kier alpha value is -1.31. The van der Waals surface area contributed by atoms with Gasteiger partial charge in [-0.2, -0.15) is 0 Å². The fourth-order valence-corrected chi connectivity index (χ4v) is 2.77. The molecule has 1 heterocycles. The van der Waals surface area contributed by atoms with Crippen LogP contribution in [-0.2, 0) is 0 Å². The molecule has 1 aromatic heterocycles. The topological polar surface area (TPSA) is 46.3 Å². The lowest BCUT2D eigenvalue weighted by Crippen LogP contribution is -2.26. The second kappa shape index (κ2) is 7.98. The Balaban J connectivity index is 2.71. The van der Waals surface area contributed by atoms with E-state index in [-0.39, 0.29) is 5.91 Å². The molecule has 4 heteroatoms. The van der Waals surface area contributed by atoms with Crippen LogP contribution in [0.2, 0.25) is 0 Å². The van der Waals surface area contributed by atoms with Gasteiger partial charge in [0, 0.05) is 13.6 Å². The van der Waals surface area contributed by atoms with Crippen LogP contribution >= 0.6 is 11.3 Å². The van der Waals surface area contributed by atoms with Gasteiger partial charge in [-0.05, 0) is 25.0 Å². The standard InChI is InChI=1S/C15H22N2OS/c1-4-5-6-10-17(3)15(18)14-11-12(2)13(19-14)8-7-9-16/h11H,4-6,9-10,16H2,1-3H3. The number of carbonyl (C=O) groups is 1. The quantitative estimate of drug-likeness (QED) is 0.665. The Morgan fingerprint density at radius 2 is 2.21 bits per heavy atom. The van der Waals surface area contributed by atoms with Crippen LogP contribution in [0.3, 0.4) is 0 Å². The summed E-state index contributed by atoms with van der Waals surface area (Å²) in [5, 5.41) is 0. The summed E-state index contributed by atoms with van der Waals surface area (Å²) in [4.78, 5) is 15.7. The average Bonchev–Trinajstić information content (AvgIpc) is 2.77. The number of hydrogen-bond acceptors (Lipinski definition) is 3. The van der Waals surface area contributed by atoms with Gasteiger partial charge in [-0.15, -0.1) is 11.3 Å². The Morgan fingerprint density at radius 1 is 1.47 bits per heavy atom. The number of hydrogen-bond donors (Lipinski definition) is 1. The highest BCUT2D eigenvalue weighted by Gasteiger charge is 2.15. The molecule has 0 aliphatic heterocycles. The van der Waals surface area contributed by atoms with Gasteiger partial charge in [0.2, 0.25) is 0 Å². The Morgan fingerprint density at radius 3 is 2.84 bits per heavy atom. The van der Waals surface area contributed by atoms with E-state index >= 15 is 0 Å². The van der Waals surface area contributed by atoms with Crippen LogP contribution in [-0.4, -0.2) is 30.9 Å². The summed E-state index contributed by atoms with van der Waals surface area (Å²) in [6, 6.07) is 1.92. The molecule has 2 N–H and O–H groups in total. The first kappa shape index (κ1) is 15.7. The number of unbranched alkanes of at least 4 members (excludes halogenated alkanes) is 2. The van der Waals surface area contributed by atoms with Crippen molar-refractivity contribution in [2.24, 2.45) is 5.73 Å². The lowest BCUT2D eigenvalue weighted by Gasteiger charge is -2.15. The van der Waals surface area contributed by atoms with Gasteiger partial charge in [0.15, 0.2) is 0 Å². The third kappa shape index (κ3) is 4.70. The maximum atomic E-state index is 12.2. The van der Waals surface area contributed by atoms with Crippen LogP contribution in [0.1, 0.15) is 46.3 Å². The molecule has 3 nitrogen and oxygen atoms in total. The summed E-state index contributed by atoms with van der Waals surface area (Å²) in [6.07, 6.45) is 3.39. The predicted octanol–water partition coefficient (Wildman–Crippen LogP) is 2.63. The molecule has 0 saturated heterocycles. The molecule has 1 amide bonds. The van der Waals surface area contributed by atoms with E-state index in [0.717, 1.165) is 34.7 Å². The second-order valence-corrected chi connectivity index (χ2v) is 5.61. The highest BCUT2D eigenvalue weighted by Crippen LogP contribution is 2.22. The molecule has 0 unspecified atom stereocenters. The van der Waals surface area contributed by atoms with Gasteiger partial charge >= 0.3 is 0 Å². The molecule has 0 atom stereocenters. The first-order valence-electron chi connectivity index (χ1n) is 6.65. The lowest BCUT2D eigenvalue weighted by atomic mass is 10.2. The number of thiophene rings is 1. The molecule has 104 valence electrons. The van der Waals surface area contributed by atoms with Gasteiger partial charge in [-0.1, -0.05) is 31.6 Å². The van der Waals surface area contributed by atoms with Gasteiger partial charge in [0.05, 0.1) is 16.3 Å². The highest BCUT2D eigenvalue weighted by molar-refractivity contribution is 7.14. The predicted molar refractivity (Wildman–Crippen MR) is 81.5 cm³/mol. The Bertz CT molecular complexity index is 482. The molecule has 19 heavy (non-hydrogen) atoms. The third-order valence-electron chi connectivity index (χ3n) is 2.88. The molecule has 0 aliphatic rings. The lowest BCUT2D eigenvalue weighted by molar-refractivity contribution is 0.0797. The molecule has 0 saturated carbocycles. The average molecular weight is 278 g/mol. The van der Waals surface area contributed by atoms with Crippen molar-refractivity contribution in [1.29, 1.82) is 0 Å². The summed E-state index contributed by atoms with van der Waals surface area (Å²) in [6.45, 7) is 5.29. The van der Waals surface area contributed by atoms with E-state index in [1.54, 1.807) is 4.90 Å². The summed E-state index contributed by atoms with van der Waals surface area (Å²) >= 11 is 1.45. The maximum Gasteiger partial charge on any atom is 0.263 e. The van der Waals surface area contributed by atoms with Gasteiger partial charge < -0.3 is 10.6 Å². The molecule has 0 radical (unpaired) electrons. The normalized spacial score (nSPS) is 9.89. The molecule has 1 aromatic rings. The number of rotatable bonds is 5. The molecular weight excluding hydrogens is 256 g/mol. The van der Waals surface area contributed by atoms with E-state index in [9.17, 15) is 4.79 Å². The smallest absolute Gasteiger partial charge is 0.263 e. The largest absolute Gasteiger partial charge is 0.341 e.